The number of nitrogens with zero attached hydrogens (tertiary/aromatic N) is 3. The summed E-state index contributed by atoms with van der Waals surface area (Å²) in [7, 11) is 1.51. The van der Waals surface area contributed by atoms with E-state index in [0.29, 0.717) is 30.5 Å². The number of hydrogen-bond acceptors (Lipinski definition) is 6. The van der Waals surface area contributed by atoms with Gasteiger partial charge in [-0.05, 0) is 19.8 Å². The summed E-state index contributed by atoms with van der Waals surface area (Å²) in [6.45, 7) is 3.67. The molecule has 0 N–H and O–H groups in total. The fraction of sp³-hybridized carbons (Fsp3) is 0.615. The lowest BCUT2D eigenvalue weighted by atomic mass is 9.97. The Morgan fingerprint density at radius 2 is 2.20 bits per heavy atom. The number of ether oxygens (including phenoxy) is 2. The summed E-state index contributed by atoms with van der Waals surface area (Å²) < 4.78 is 10.1. The van der Waals surface area contributed by atoms with E-state index in [0.717, 1.165) is 12.8 Å². The van der Waals surface area contributed by atoms with Crippen LogP contribution in [0.3, 0.4) is 0 Å². The molecule has 2 rings (SSSR count). The minimum absolute atomic E-state index is 0.0336. The number of rotatable bonds is 4. The molecule has 0 saturated carbocycles. The molecule has 110 valence electrons. The first kappa shape index (κ1) is 14.8. The first-order valence-electron chi connectivity index (χ1n) is 6.63. The van der Waals surface area contributed by atoms with Gasteiger partial charge in [-0.3, -0.25) is 4.79 Å². The SMILES string of the molecule is CCOC(=O)C1CCN(c2nc(OC)ncc2Cl)CC1. The summed E-state index contributed by atoms with van der Waals surface area (Å²) in [6, 6.07) is 0.289. The third kappa shape index (κ3) is 3.30. The van der Waals surface area contributed by atoms with E-state index in [-0.39, 0.29) is 17.9 Å². The lowest BCUT2D eigenvalue weighted by Gasteiger charge is -2.32. The maximum atomic E-state index is 11.7. The summed E-state index contributed by atoms with van der Waals surface area (Å²) in [5, 5.41) is 0.486. The quantitative estimate of drug-likeness (QED) is 0.792. The molecule has 1 fully saturated rings. The molecule has 0 spiro atoms. The molecular formula is C13H18ClN3O3. The Balaban J connectivity index is 2.02. The van der Waals surface area contributed by atoms with Gasteiger partial charge in [-0.1, -0.05) is 11.6 Å². The molecule has 2 heterocycles. The Morgan fingerprint density at radius 1 is 1.50 bits per heavy atom. The number of carbonyl (C=O) groups is 1. The van der Waals surface area contributed by atoms with E-state index >= 15 is 0 Å². The maximum absolute atomic E-state index is 11.7. The number of anilines is 1. The van der Waals surface area contributed by atoms with Crippen LogP contribution in [0.4, 0.5) is 5.82 Å². The molecule has 0 aromatic carbocycles. The zero-order valence-corrected chi connectivity index (χ0v) is 12.4. The fourth-order valence-corrected chi connectivity index (χ4v) is 2.46. The molecule has 7 heteroatoms. The van der Waals surface area contributed by atoms with Gasteiger partial charge in [0.2, 0.25) is 0 Å². The average Bonchev–Trinajstić information content (AvgIpc) is 2.48. The van der Waals surface area contributed by atoms with Gasteiger partial charge in [0.1, 0.15) is 5.02 Å². The van der Waals surface area contributed by atoms with Crippen LogP contribution in [0.1, 0.15) is 19.8 Å². The molecule has 1 aromatic rings. The minimum atomic E-state index is -0.112. The van der Waals surface area contributed by atoms with E-state index in [9.17, 15) is 4.79 Å². The number of esters is 1. The van der Waals surface area contributed by atoms with Gasteiger partial charge in [0.15, 0.2) is 5.82 Å². The summed E-state index contributed by atoms with van der Waals surface area (Å²) in [6.07, 6.45) is 3.00. The van der Waals surface area contributed by atoms with Crippen molar-refractivity contribution in [2.24, 2.45) is 5.92 Å². The Kier molecular flexibility index (Phi) is 5.00. The highest BCUT2D eigenvalue weighted by molar-refractivity contribution is 6.32. The van der Waals surface area contributed by atoms with Crippen LogP contribution in [0.5, 0.6) is 6.01 Å². The van der Waals surface area contributed by atoms with E-state index < -0.39 is 0 Å². The molecule has 1 aliphatic heterocycles. The zero-order chi connectivity index (χ0) is 14.5. The highest BCUT2D eigenvalue weighted by Crippen LogP contribution is 2.29. The van der Waals surface area contributed by atoms with E-state index in [4.69, 9.17) is 21.1 Å². The lowest BCUT2D eigenvalue weighted by Crippen LogP contribution is -2.37. The third-order valence-corrected chi connectivity index (χ3v) is 3.57. The number of aromatic nitrogens is 2. The average molecular weight is 300 g/mol. The largest absolute Gasteiger partial charge is 0.467 e. The van der Waals surface area contributed by atoms with Crippen molar-refractivity contribution in [1.82, 2.24) is 9.97 Å². The van der Waals surface area contributed by atoms with Gasteiger partial charge in [-0.15, -0.1) is 0 Å². The highest BCUT2D eigenvalue weighted by atomic mass is 35.5. The normalized spacial score (nSPS) is 16.1. The van der Waals surface area contributed by atoms with Crippen LogP contribution in [-0.2, 0) is 9.53 Å². The number of hydrogen-bond donors (Lipinski definition) is 0. The van der Waals surface area contributed by atoms with Crippen LogP contribution in [0.2, 0.25) is 5.02 Å². The van der Waals surface area contributed by atoms with Gasteiger partial charge in [0.05, 0.1) is 25.8 Å². The molecule has 0 amide bonds. The second-order valence-electron chi connectivity index (χ2n) is 4.54. The molecule has 0 aliphatic carbocycles. The van der Waals surface area contributed by atoms with Crippen molar-refractivity contribution in [2.75, 3.05) is 31.7 Å². The molecule has 1 saturated heterocycles. The smallest absolute Gasteiger partial charge is 0.318 e. The second-order valence-corrected chi connectivity index (χ2v) is 4.95. The number of halogens is 1. The van der Waals surface area contributed by atoms with Crippen molar-refractivity contribution in [2.45, 2.75) is 19.8 Å². The molecule has 0 radical (unpaired) electrons. The lowest BCUT2D eigenvalue weighted by molar-refractivity contribution is -0.148. The van der Waals surface area contributed by atoms with Crippen molar-refractivity contribution in [3.63, 3.8) is 0 Å². The molecular weight excluding hydrogens is 282 g/mol. The van der Waals surface area contributed by atoms with E-state index in [1.165, 1.54) is 13.3 Å². The minimum Gasteiger partial charge on any atom is -0.467 e. The predicted octanol–water partition coefficient (Wildman–Crippen LogP) is 1.92. The van der Waals surface area contributed by atoms with E-state index in [1.807, 2.05) is 11.8 Å². The summed E-state index contributed by atoms with van der Waals surface area (Å²) in [4.78, 5) is 22.0. The van der Waals surface area contributed by atoms with Crippen molar-refractivity contribution in [1.29, 1.82) is 0 Å². The topological polar surface area (TPSA) is 64.5 Å². The van der Waals surface area contributed by atoms with Crippen LogP contribution in [0, 0.1) is 5.92 Å². The van der Waals surface area contributed by atoms with Gasteiger partial charge >= 0.3 is 12.0 Å². The molecule has 0 bridgehead atoms. The van der Waals surface area contributed by atoms with Crippen LogP contribution < -0.4 is 9.64 Å². The molecule has 0 atom stereocenters. The van der Waals surface area contributed by atoms with Crippen molar-refractivity contribution in [3.05, 3.63) is 11.2 Å². The Morgan fingerprint density at radius 3 is 2.80 bits per heavy atom. The third-order valence-electron chi connectivity index (χ3n) is 3.30. The van der Waals surface area contributed by atoms with Crippen LogP contribution in [0.15, 0.2) is 6.20 Å². The fourth-order valence-electron chi connectivity index (χ4n) is 2.25. The molecule has 1 aromatic heterocycles. The highest BCUT2D eigenvalue weighted by Gasteiger charge is 2.27. The van der Waals surface area contributed by atoms with Crippen LogP contribution >= 0.6 is 11.6 Å². The Bertz CT molecular complexity index is 476. The van der Waals surface area contributed by atoms with Crippen molar-refractivity contribution in [3.8, 4) is 6.01 Å². The van der Waals surface area contributed by atoms with Gasteiger partial charge in [-0.25, -0.2) is 4.98 Å². The van der Waals surface area contributed by atoms with E-state index in [1.54, 1.807) is 0 Å². The van der Waals surface area contributed by atoms with Gasteiger partial charge in [0.25, 0.3) is 0 Å². The Labute approximate surface area is 123 Å². The number of methoxy groups -OCH3 is 1. The summed E-state index contributed by atoms with van der Waals surface area (Å²) in [5.74, 6) is 0.507. The van der Waals surface area contributed by atoms with E-state index in [2.05, 4.69) is 9.97 Å². The zero-order valence-electron chi connectivity index (χ0n) is 11.6. The molecule has 1 aliphatic rings. The van der Waals surface area contributed by atoms with Crippen LogP contribution in [0.25, 0.3) is 0 Å². The standard InChI is InChI=1S/C13H18ClN3O3/c1-3-20-12(18)9-4-6-17(7-5-9)11-10(14)8-15-13(16-11)19-2/h8-9H,3-7H2,1-2H3. The number of piperidine rings is 1. The molecule has 6 nitrogen and oxygen atoms in total. The number of carbonyl (C=O) groups excluding carboxylic acids is 1. The van der Waals surface area contributed by atoms with Crippen LogP contribution in [-0.4, -0.2) is 42.7 Å². The van der Waals surface area contributed by atoms with Crippen molar-refractivity contribution < 1.29 is 14.3 Å². The monoisotopic (exact) mass is 299 g/mol. The summed E-state index contributed by atoms with van der Waals surface area (Å²) >= 11 is 6.12. The van der Waals surface area contributed by atoms with Gasteiger partial charge < -0.3 is 14.4 Å². The Hall–Kier alpha value is -1.56. The molecule has 0 unspecified atom stereocenters. The predicted molar refractivity (Wildman–Crippen MR) is 75.2 cm³/mol. The maximum Gasteiger partial charge on any atom is 0.318 e. The first-order valence-corrected chi connectivity index (χ1v) is 7.01. The first-order chi connectivity index (χ1) is 9.65. The van der Waals surface area contributed by atoms with Gasteiger partial charge in [-0.2, -0.15) is 4.98 Å². The summed E-state index contributed by atoms with van der Waals surface area (Å²) in [5.41, 5.74) is 0. The molecule has 20 heavy (non-hydrogen) atoms. The van der Waals surface area contributed by atoms with Crippen molar-refractivity contribution >= 4 is 23.4 Å². The van der Waals surface area contributed by atoms with Gasteiger partial charge in [0, 0.05) is 13.1 Å². The second kappa shape index (κ2) is 6.74.